The third kappa shape index (κ3) is 6.37. The van der Waals surface area contributed by atoms with Crippen LogP contribution >= 0.6 is 23.5 Å². The van der Waals surface area contributed by atoms with Gasteiger partial charge in [-0.2, -0.15) is 0 Å². The lowest BCUT2D eigenvalue weighted by atomic mass is 10.0. The van der Waals surface area contributed by atoms with E-state index in [0.717, 1.165) is 0 Å². The van der Waals surface area contributed by atoms with Crippen molar-refractivity contribution in [3.63, 3.8) is 0 Å². The van der Waals surface area contributed by atoms with Crippen LogP contribution in [0.25, 0.3) is 0 Å². The number of nitrogens with one attached hydrogen (secondary N) is 1. The number of thioether (sulfide) groups is 2. The van der Waals surface area contributed by atoms with E-state index < -0.39 is 47.4 Å². The van der Waals surface area contributed by atoms with Crippen molar-refractivity contribution in [3.8, 4) is 0 Å². The van der Waals surface area contributed by atoms with Crippen molar-refractivity contribution in [1.82, 2.24) is 10.2 Å². The summed E-state index contributed by atoms with van der Waals surface area (Å²) >= 11 is 2.77. The Morgan fingerprint density at radius 1 is 1.26 bits per heavy atom. The summed E-state index contributed by atoms with van der Waals surface area (Å²) in [7, 11) is 0. The molecule has 2 atom stereocenters. The van der Waals surface area contributed by atoms with Gasteiger partial charge in [0.2, 0.25) is 6.61 Å². The normalized spacial score (nSPS) is 20.1. The Hall–Kier alpha value is -2.99. The molecule has 3 rings (SSSR count). The Morgan fingerprint density at radius 2 is 1.94 bits per heavy atom. The van der Waals surface area contributed by atoms with Crippen LogP contribution in [0.4, 0.5) is 0 Å². The molecule has 2 aliphatic rings. The number of oxime groups is 1. The third-order valence-electron chi connectivity index (χ3n) is 4.76. The molecule has 1 aromatic rings. The van der Waals surface area contributed by atoms with Crippen molar-refractivity contribution < 1.29 is 33.9 Å². The molecule has 35 heavy (non-hydrogen) atoms. The highest BCUT2D eigenvalue weighted by molar-refractivity contribution is 8.06. The second-order valence-electron chi connectivity index (χ2n) is 8.54. The van der Waals surface area contributed by atoms with Gasteiger partial charge in [-0.15, -0.1) is 23.5 Å². The van der Waals surface area contributed by atoms with Crippen molar-refractivity contribution in [2.24, 2.45) is 5.16 Å². The van der Waals surface area contributed by atoms with Crippen LogP contribution in [0.3, 0.4) is 0 Å². The minimum atomic E-state index is -1.17. The molecule has 2 aliphatic heterocycles. The van der Waals surface area contributed by atoms with Gasteiger partial charge in [-0.1, -0.05) is 42.4 Å². The summed E-state index contributed by atoms with van der Waals surface area (Å²) in [5.41, 5.74) is -0.440. The van der Waals surface area contributed by atoms with E-state index in [1.807, 2.05) is 6.92 Å². The fraction of sp³-hybridized carbons (Fsp3) is 0.435. The van der Waals surface area contributed by atoms with E-state index in [1.54, 1.807) is 51.1 Å². The van der Waals surface area contributed by atoms with E-state index in [2.05, 4.69) is 10.5 Å². The Morgan fingerprint density at radius 3 is 2.54 bits per heavy atom. The summed E-state index contributed by atoms with van der Waals surface area (Å²) in [5, 5.41) is 15.6. The summed E-state index contributed by atoms with van der Waals surface area (Å²) in [4.78, 5) is 56.6. The highest BCUT2D eigenvalue weighted by atomic mass is 32.2. The van der Waals surface area contributed by atoms with Crippen LogP contribution in [0.15, 0.2) is 46.1 Å². The number of benzene rings is 1. The molecule has 1 fully saturated rings. The number of nitrogens with zero attached hydrogens (tertiary/aromatic N) is 2. The molecular formula is C23H27N3O7S2. The highest BCUT2D eigenvalue weighted by Crippen LogP contribution is 2.43. The number of β-lactam (4-membered cyclic amide) rings is 1. The second-order valence-corrected chi connectivity index (χ2v) is 11.0. The predicted molar refractivity (Wildman–Crippen MR) is 133 cm³/mol. The summed E-state index contributed by atoms with van der Waals surface area (Å²) < 4.78 is 5.16. The molecule has 1 aromatic carbocycles. The third-order valence-corrected chi connectivity index (χ3v) is 7.20. The minimum absolute atomic E-state index is 0.0336. The zero-order valence-electron chi connectivity index (χ0n) is 19.8. The average Bonchev–Trinajstić information content (AvgIpc) is 2.79. The van der Waals surface area contributed by atoms with E-state index in [0.29, 0.717) is 22.0 Å². The van der Waals surface area contributed by atoms with Crippen molar-refractivity contribution in [3.05, 3.63) is 46.5 Å². The first kappa shape index (κ1) is 26.6. The van der Waals surface area contributed by atoms with Crippen LogP contribution in [0, 0.1) is 0 Å². The van der Waals surface area contributed by atoms with Crippen molar-refractivity contribution in [2.45, 2.75) is 44.7 Å². The Bertz CT molecular complexity index is 1070. The first-order valence-corrected chi connectivity index (χ1v) is 12.9. The molecular weight excluding hydrogens is 494 g/mol. The van der Waals surface area contributed by atoms with Gasteiger partial charge in [0, 0.05) is 16.2 Å². The lowest BCUT2D eigenvalue weighted by molar-refractivity contribution is -0.160. The van der Waals surface area contributed by atoms with Gasteiger partial charge in [-0.25, -0.2) is 9.59 Å². The van der Waals surface area contributed by atoms with Gasteiger partial charge in [0.1, 0.15) is 22.7 Å². The second kappa shape index (κ2) is 11.2. The summed E-state index contributed by atoms with van der Waals surface area (Å²) in [6.07, 6.45) is 0. The maximum Gasteiger partial charge on any atom is 0.353 e. The molecule has 2 amide bonds. The number of hydrogen-bond acceptors (Lipinski definition) is 9. The van der Waals surface area contributed by atoms with Gasteiger partial charge >= 0.3 is 11.9 Å². The molecule has 1 saturated heterocycles. The number of carbonyl (C=O) groups excluding carboxylic acids is 3. The Kier molecular flexibility index (Phi) is 8.49. The molecule has 2 heterocycles. The van der Waals surface area contributed by atoms with Gasteiger partial charge in [0.05, 0.1) is 0 Å². The number of amides is 2. The molecule has 0 radical (unpaired) electrons. The molecule has 0 spiro atoms. The van der Waals surface area contributed by atoms with Crippen LogP contribution in [0.1, 0.15) is 33.3 Å². The number of aliphatic carboxylic acids is 1. The Labute approximate surface area is 211 Å². The number of ether oxygens (including phenoxy) is 1. The lowest BCUT2D eigenvalue weighted by Crippen LogP contribution is -2.71. The standard InChI is InChI=1S/C23H27N3O7S2/c1-5-34-14-12-35-21-17(20(29)26(21)18(14)22(30)31)24-19(28)16(13-9-7-6-8-10-13)25-32-11-15(27)33-23(2,3)4/h6-10,17,21H,5,11-12H2,1-4H3,(H,24,28)(H,30,31)/b25-16+/t17?,21-/m1/s1. The maximum absolute atomic E-state index is 13.1. The number of carbonyl (C=O) groups is 4. The molecule has 2 N–H and O–H groups in total. The molecule has 1 unspecified atom stereocenters. The topological polar surface area (TPSA) is 135 Å². The molecule has 0 aliphatic carbocycles. The van der Waals surface area contributed by atoms with E-state index in [9.17, 15) is 24.3 Å². The van der Waals surface area contributed by atoms with Gasteiger partial charge in [-0.3, -0.25) is 14.5 Å². The van der Waals surface area contributed by atoms with Crippen molar-refractivity contribution in [1.29, 1.82) is 0 Å². The lowest BCUT2D eigenvalue weighted by Gasteiger charge is -2.49. The zero-order chi connectivity index (χ0) is 25.8. The number of esters is 1. The van der Waals surface area contributed by atoms with Crippen molar-refractivity contribution >= 4 is 53.0 Å². The summed E-state index contributed by atoms with van der Waals surface area (Å²) in [6, 6.07) is 7.53. The van der Waals surface area contributed by atoms with Gasteiger partial charge in [0.15, 0.2) is 5.71 Å². The van der Waals surface area contributed by atoms with Gasteiger partial charge in [-0.05, 0) is 26.5 Å². The van der Waals surface area contributed by atoms with Gasteiger partial charge < -0.3 is 20.0 Å². The molecule has 12 heteroatoms. The number of hydrogen-bond donors (Lipinski definition) is 2. The largest absolute Gasteiger partial charge is 0.477 e. The van der Waals surface area contributed by atoms with E-state index in [1.165, 1.54) is 28.4 Å². The fourth-order valence-corrected chi connectivity index (χ4v) is 5.83. The van der Waals surface area contributed by atoms with Crippen LogP contribution in [0.5, 0.6) is 0 Å². The van der Waals surface area contributed by atoms with E-state index in [-0.39, 0.29) is 11.4 Å². The van der Waals surface area contributed by atoms with Crippen LogP contribution in [-0.4, -0.2) is 74.6 Å². The van der Waals surface area contributed by atoms with Crippen LogP contribution in [0.2, 0.25) is 0 Å². The minimum Gasteiger partial charge on any atom is -0.477 e. The molecule has 10 nitrogen and oxygen atoms in total. The van der Waals surface area contributed by atoms with E-state index in [4.69, 9.17) is 9.57 Å². The molecule has 0 bridgehead atoms. The molecule has 188 valence electrons. The number of fused-ring (bicyclic) bond motifs is 1. The van der Waals surface area contributed by atoms with Crippen molar-refractivity contribution in [2.75, 3.05) is 18.1 Å². The maximum atomic E-state index is 13.1. The predicted octanol–water partition coefficient (Wildman–Crippen LogP) is 2.20. The number of rotatable bonds is 9. The fourth-order valence-electron chi connectivity index (χ4n) is 3.43. The first-order valence-electron chi connectivity index (χ1n) is 10.9. The van der Waals surface area contributed by atoms with Crippen LogP contribution in [-0.2, 0) is 28.8 Å². The Balaban J connectivity index is 1.75. The zero-order valence-corrected chi connectivity index (χ0v) is 21.4. The quantitative estimate of drug-likeness (QED) is 0.217. The monoisotopic (exact) mass is 521 g/mol. The molecule has 0 aromatic heterocycles. The summed E-state index contributed by atoms with van der Waals surface area (Å²) in [5.74, 6) is -1.91. The number of carboxylic acid groups (broad SMARTS) is 1. The molecule has 0 saturated carbocycles. The first-order chi connectivity index (χ1) is 16.5. The summed E-state index contributed by atoms with van der Waals surface area (Å²) in [6.45, 7) is 6.56. The van der Waals surface area contributed by atoms with Gasteiger partial charge in [0.25, 0.3) is 11.8 Å². The number of carboxylic acids is 1. The SMILES string of the molecule is CCSC1=C(C(=O)O)N2C(=O)C(NC(=O)/C(=N/OCC(=O)OC(C)(C)C)c3ccccc3)[C@H]2SC1. The average molecular weight is 522 g/mol. The van der Waals surface area contributed by atoms with Crippen LogP contribution < -0.4 is 5.32 Å². The smallest absolute Gasteiger partial charge is 0.353 e. The highest BCUT2D eigenvalue weighted by Gasteiger charge is 2.54. The van der Waals surface area contributed by atoms with E-state index >= 15 is 0 Å².